The maximum atomic E-state index is 12.5. The van der Waals surface area contributed by atoms with Crippen LogP contribution in [0.15, 0.2) is 33.2 Å². The van der Waals surface area contributed by atoms with Gasteiger partial charge in [0.1, 0.15) is 0 Å². The number of fused-ring (bicyclic) bond motifs is 4. The molecule has 3 aromatic heterocycles. The van der Waals surface area contributed by atoms with Crippen molar-refractivity contribution in [3.63, 3.8) is 0 Å². The summed E-state index contributed by atoms with van der Waals surface area (Å²) in [5.74, 6) is 4.84. The van der Waals surface area contributed by atoms with Gasteiger partial charge in [0.2, 0.25) is 0 Å². The molecule has 0 aromatic carbocycles. The zero-order chi connectivity index (χ0) is 16.6. The molecule has 0 saturated heterocycles. The van der Waals surface area contributed by atoms with Gasteiger partial charge in [0, 0.05) is 0 Å². The summed E-state index contributed by atoms with van der Waals surface area (Å²) in [5.41, 5.74) is 1.00. The molecule has 6 heteroatoms. The van der Waals surface area contributed by atoms with Crippen molar-refractivity contribution in [3.05, 3.63) is 47.3 Å². The van der Waals surface area contributed by atoms with Crippen molar-refractivity contribution in [2.45, 2.75) is 11.5 Å². The summed E-state index contributed by atoms with van der Waals surface area (Å²) in [7, 11) is 0. The van der Waals surface area contributed by atoms with Crippen molar-refractivity contribution in [1.29, 1.82) is 0 Å². The van der Waals surface area contributed by atoms with Gasteiger partial charge in [-0.2, -0.15) is 0 Å². The first-order chi connectivity index (χ1) is 11.5. The van der Waals surface area contributed by atoms with Gasteiger partial charge in [-0.1, -0.05) is 0 Å². The van der Waals surface area contributed by atoms with Crippen molar-refractivity contribution in [3.8, 4) is 7.16 Å². The van der Waals surface area contributed by atoms with Crippen molar-refractivity contribution in [2.75, 3.05) is 0 Å². The van der Waals surface area contributed by atoms with Crippen LogP contribution in [0.5, 0.6) is 0 Å². The van der Waals surface area contributed by atoms with Crippen LogP contribution in [-0.4, -0.2) is 65.7 Å². The third kappa shape index (κ3) is 2.07. The second-order valence-electron chi connectivity index (χ2n) is 6.56. The zero-order valence-corrected chi connectivity index (χ0v) is 20.6. The molecule has 0 fully saturated rings. The molecule has 0 bridgehead atoms. The standard InChI is InChI=1S/C18H12GeO2STe2/c1-19(2)12-4-6-23-17(12)18-13(19)8-9(24-18)7-11-14(20)10-3-5-22-16(10)15(11)21/h3-8H,1-2H3/b11-7+. The molecule has 4 heterocycles. The van der Waals surface area contributed by atoms with Crippen LogP contribution in [0.4, 0.5) is 0 Å². The van der Waals surface area contributed by atoms with Crippen molar-refractivity contribution in [2.24, 2.45) is 0 Å². The quantitative estimate of drug-likeness (QED) is 0.238. The van der Waals surface area contributed by atoms with Gasteiger partial charge in [-0.25, -0.2) is 0 Å². The van der Waals surface area contributed by atoms with E-state index in [-0.39, 0.29) is 32.0 Å². The fourth-order valence-corrected chi connectivity index (χ4v) is 28.4. The number of rotatable bonds is 1. The van der Waals surface area contributed by atoms with Crippen LogP contribution in [0.3, 0.4) is 0 Å². The van der Waals surface area contributed by atoms with E-state index in [1.807, 2.05) is 11.5 Å². The van der Waals surface area contributed by atoms with Crippen LogP contribution < -0.4 is 8.79 Å². The van der Waals surface area contributed by atoms with E-state index < -0.39 is 33.7 Å². The molecule has 0 radical (unpaired) electrons. The second-order valence-corrected chi connectivity index (χ2v) is 22.3. The number of hydrogen-bond donors (Lipinski definition) is 0. The number of hydrogen-bond acceptors (Lipinski definition) is 3. The van der Waals surface area contributed by atoms with E-state index >= 15 is 0 Å². The molecule has 24 heavy (non-hydrogen) atoms. The van der Waals surface area contributed by atoms with E-state index in [0.29, 0.717) is 16.0 Å². The second kappa shape index (κ2) is 5.43. The Morgan fingerprint density at radius 2 is 1.92 bits per heavy atom. The number of Topliss-reactive ketones (excluding diaryl/α,β-unsaturated/α-hetero) is 2. The molecule has 0 atom stereocenters. The summed E-state index contributed by atoms with van der Waals surface area (Å²) in [6, 6.07) is 6.55. The topological polar surface area (TPSA) is 34.1 Å². The Morgan fingerprint density at radius 3 is 2.71 bits per heavy atom. The van der Waals surface area contributed by atoms with Crippen LogP contribution in [0, 0.1) is 0 Å². The summed E-state index contributed by atoms with van der Waals surface area (Å²) in [6.45, 7) is 0. The average Bonchev–Trinajstić information content (AvgIpc) is 3.31. The minimum absolute atomic E-state index is 0.0672. The molecule has 118 valence electrons. The number of allylic oxidation sites excluding steroid dienone is 1. The molecule has 0 spiro atoms. The molecule has 1 aliphatic carbocycles. The molecule has 0 saturated carbocycles. The molecule has 0 amide bonds. The molecule has 5 rings (SSSR count). The third-order valence-electron chi connectivity index (χ3n) is 4.86. The Kier molecular flexibility index (Phi) is 3.63. The number of ketones is 2. The van der Waals surface area contributed by atoms with E-state index in [1.54, 1.807) is 22.0 Å². The van der Waals surface area contributed by atoms with Crippen LogP contribution in [0.1, 0.15) is 23.6 Å². The molecule has 2 aliphatic rings. The SMILES string of the molecule is [CH3][Ge]1([CH3])[c]2cc[te]c2-c2[te]c(/C=C3\C(=O)c4ccsc4C3=O)c[c]21. The van der Waals surface area contributed by atoms with E-state index in [1.165, 1.54) is 14.9 Å². The molecule has 2 nitrogen and oxygen atoms in total. The normalized spacial score (nSPS) is 19.0. The predicted octanol–water partition coefficient (Wildman–Crippen LogP) is 2.13. The molecule has 1 aliphatic heterocycles. The van der Waals surface area contributed by atoms with Crippen molar-refractivity contribution in [1.82, 2.24) is 0 Å². The Labute approximate surface area is 165 Å². The minimum atomic E-state index is -2.08. The van der Waals surface area contributed by atoms with Crippen LogP contribution in [-0.2, 0) is 0 Å². The number of carbonyl (C=O) groups excluding carboxylic acids is 2. The summed E-state index contributed by atoms with van der Waals surface area (Å²) >= 11 is -1.27. The first-order valence-electron chi connectivity index (χ1n) is 7.59. The zero-order valence-electron chi connectivity index (χ0n) is 13.0. The molecule has 0 unspecified atom stereocenters. The Morgan fingerprint density at radius 1 is 1.08 bits per heavy atom. The van der Waals surface area contributed by atoms with E-state index in [0.717, 1.165) is 0 Å². The van der Waals surface area contributed by atoms with Gasteiger partial charge in [0.05, 0.1) is 0 Å². The van der Waals surface area contributed by atoms with Crippen molar-refractivity contribution < 1.29 is 9.59 Å². The Balaban J connectivity index is 1.63. The summed E-state index contributed by atoms with van der Waals surface area (Å²) in [5, 5.41) is 1.83. The van der Waals surface area contributed by atoms with E-state index in [4.69, 9.17) is 0 Å². The Bertz CT molecular complexity index is 1050. The number of carbonyl (C=O) groups is 2. The molecular formula is C18H12GeO2STe2. The Hall–Kier alpha value is -0.138. The van der Waals surface area contributed by atoms with Gasteiger partial charge in [-0.15, -0.1) is 0 Å². The predicted molar refractivity (Wildman–Crippen MR) is 103 cm³/mol. The fourth-order valence-electron chi connectivity index (χ4n) is 3.54. The average molecular weight is 620 g/mol. The molecule has 3 aromatic rings. The van der Waals surface area contributed by atoms with Crippen LogP contribution in [0.2, 0.25) is 11.5 Å². The van der Waals surface area contributed by atoms with Crippen LogP contribution in [0.25, 0.3) is 13.2 Å². The summed E-state index contributed by atoms with van der Waals surface area (Å²) < 4.78 is 10.4. The maximum absolute atomic E-state index is 12.5. The first kappa shape index (κ1) is 16.1. The third-order valence-corrected chi connectivity index (χ3v) is 22.5. The summed E-state index contributed by atoms with van der Waals surface area (Å²) in [4.78, 5) is 25.6. The molecular weight excluding hydrogens is 608 g/mol. The van der Waals surface area contributed by atoms with Gasteiger partial charge in [-0.05, 0) is 0 Å². The van der Waals surface area contributed by atoms with Gasteiger partial charge in [0.25, 0.3) is 0 Å². The van der Waals surface area contributed by atoms with E-state index in [9.17, 15) is 9.59 Å². The van der Waals surface area contributed by atoms with Gasteiger partial charge < -0.3 is 0 Å². The van der Waals surface area contributed by atoms with Crippen molar-refractivity contribution >= 4 is 91.9 Å². The monoisotopic (exact) mass is 626 g/mol. The molecule has 0 N–H and O–H groups in total. The number of thiophene rings is 1. The first-order valence-corrected chi connectivity index (χ1v) is 19.6. The van der Waals surface area contributed by atoms with Crippen LogP contribution >= 0.6 is 11.3 Å². The fraction of sp³-hybridized carbons (Fsp3) is 0.111. The van der Waals surface area contributed by atoms with Gasteiger partial charge in [0.15, 0.2) is 0 Å². The van der Waals surface area contributed by atoms with Gasteiger partial charge in [-0.3, -0.25) is 0 Å². The van der Waals surface area contributed by atoms with Gasteiger partial charge >= 0.3 is 167 Å². The summed E-state index contributed by atoms with van der Waals surface area (Å²) in [6.07, 6.45) is 1.93. The van der Waals surface area contributed by atoms with E-state index in [2.05, 4.69) is 27.7 Å².